The van der Waals surface area contributed by atoms with Crippen LogP contribution in [-0.2, 0) is 11.2 Å². The number of pyridine rings is 1. The van der Waals surface area contributed by atoms with E-state index in [2.05, 4.69) is 10.3 Å². The van der Waals surface area contributed by atoms with Crippen molar-refractivity contribution >= 4 is 17.5 Å². The van der Waals surface area contributed by atoms with E-state index in [-0.39, 0.29) is 29.8 Å². The summed E-state index contributed by atoms with van der Waals surface area (Å²) in [6, 6.07) is 3.44. The Balaban J connectivity index is 2.11. The first-order valence-electron chi connectivity index (χ1n) is 6.45. The highest BCUT2D eigenvalue weighted by atomic mass is 35.5. The molecule has 0 aromatic carbocycles. The average molecular weight is 295 g/mol. The van der Waals surface area contributed by atoms with Crippen LogP contribution in [0.4, 0.5) is 4.39 Å². The highest BCUT2D eigenvalue weighted by Crippen LogP contribution is 2.28. The third kappa shape index (κ3) is 3.25. The molecule has 0 spiro atoms. The van der Waals surface area contributed by atoms with Gasteiger partial charge in [0.1, 0.15) is 11.0 Å². The summed E-state index contributed by atoms with van der Waals surface area (Å²) in [4.78, 5) is 15.9. The maximum atomic E-state index is 13.8. The largest absolute Gasteiger partial charge is 0.323 e. The number of rotatable bonds is 3. The molecule has 0 saturated carbocycles. The van der Waals surface area contributed by atoms with Crippen molar-refractivity contribution in [2.75, 3.05) is 0 Å². The number of nitrogens with one attached hydrogen (secondary N) is 1. The number of hydrogen-bond donors (Lipinski definition) is 1. The molecule has 20 heavy (non-hydrogen) atoms. The molecule has 3 nitrogen and oxygen atoms in total. The van der Waals surface area contributed by atoms with E-state index >= 15 is 0 Å². The second-order valence-electron chi connectivity index (χ2n) is 4.93. The summed E-state index contributed by atoms with van der Waals surface area (Å²) < 4.78 is 13.8. The lowest BCUT2D eigenvalue weighted by molar-refractivity contribution is -0.119. The monoisotopic (exact) mass is 294 g/mol. The third-order valence-corrected chi connectivity index (χ3v) is 3.82. The molecule has 0 aliphatic heterocycles. The number of hydrogen-bond acceptors (Lipinski definition) is 2. The van der Waals surface area contributed by atoms with Crippen LogP contribution in [0.15, 0.2) is 41.5 Å². The second-order valence-corrected chi connectivity index (χ2v) is 5.28. The molecule has 0 radical (unpaired) electrons. The van der Waals surface area contributed by atoms with E-state index in [0.717, 1.165) is 5.57 Å². The van der Waals surface area contributed by atoms with Gasteiger partial charge in [0.25, 0.3) is 0 Å². The average Bonchev–Trinajstić information content (AvgIpc) is 2.42. The van der Waals surface area contributed by atoms with Crippen LogP contribution in [0.1, 0.15) is 25.8 Å². The van der Waals surface area contributed by atoms with Gasteiger partial charge in [-0.2, -0.15) is 0 Å². The zero-order chi connectivity index (χ0) is 14.7. The Hall–Kier alpha value is -1.68. The Labute approximate surface area is 122 Å². The Morgan fingerprint density at radius 1 is 1.60 bits per heavy atom. The number of aromatic nitrogens is 1. The molecule has 5 heteroatoms. The summed E-state index contributed by atoms with van der Waals surface area (Å²) in [5.74, 6) is -0.440. The topological polar surface area (TPSA) is 42.0 Å². The minimum Gasteiger partial charge on any atom is -0.323 e. The van der Waals surface area contributed by atoms with E-state index in [1.807, 2.05) is 13.8 Å². The molecule has 0 bridgehead atoms. The molecular formula is C15H16ClFN2O. The zero-order valence-electron chi connectivity index (χ0n) is 11.4. The summed E-state index contributed by atoms with van der Waals surface area (Å²) in [7, 11) is 0. The fourth-order valence-electron chi connectivity index (χ4n) is 2.06. The highest BCUT2D eigenvalue weighted by Gasteiger charge is 2.20. The summed E-state index contributed by atoms with van der Waals surface area (Å²) in [5, 5.41) is 2.93. The van der Waals surface area contributed by atoms with Crippen LogP contribution in [0.25, 0.3) is 0 Å². The van der Waals surface area contributed by atoms with Crippen molar-refractivity contribution < 1.29 is 9.18 Å². The molecule has 1 aliphatic rings. The van der Waals surface area contributed by atoms with Crippen molar-refractivity contribution in [3.8, 4) is 0 Å². The van der Waals surface area contributed by atoms with E-state index in [9.17, 15) is 9.18 Å². The van der Waals surface area contributed by atoms with Gasteiger partial charge in [-0.15, -0.1) is 0 Å². The number of allylic oxidation sites excluding steroid dienone is 3. The molecular weight excluding hydrogens is 279 g/mol. The predicted molar refractivity (Wildman–Crippen MR) is 76.8 cm³/mol. The van der Waals surface area contributed by atoms with E-state index in [1.54, 1.807) is 18.3 Å². The van der Waals surface area contributed by atoms with Gasteiger partial charge in [-0.05, 0) is 42.5 Å². The first kappa shape index (κ1) is 14.7. The van der Waals surface area contributed by atoms with Crippen LogP contribution < -0.4 is 5.32 Å². The van der Waals surface area contributed by atoms with Crippen molar-refractivity contribution in [1.29, 1.82) is 0 Å². The smallest absolute Gasteiger partial charge is 0.228 e. The fourth-order valence-corrected chi connectivity index (χ4v) is 2.25. The van der Waals surface area contributed by atoms with Crippen molar-refractivity contribution in [2.45, 2.75) is 26.7 Å². The molecule has 2 rings (SSSR count). The van der Waals surface area contributed by atoms with Crippen molar-refractivity contribution in [2.24, 2.45) is 5.92 Å². The maximum absolute atomic E-state index is 13.8. The molecule has 0 unspecified atom stereocenters. The molecule has 0 fully saturated rings. The molecule has 1 N–H and O–H groups in total. The molecule has 1 amide bonds. The van der Waals surface area contributed by atoms with Crippen LogP contribution >= 0.6 is 11.6 Å². The van der Waals surface area contributed by atoms with Gasteiger partial charge in [-0.25, -0.2) is 9.37 Å². The minimum absolute atomic E-state index is 0.0745. The molecule has 0 saturated heterocycles. The zero-order valence-corrected chi connectivity index (χ0v) is 12.2. The van der Waals surface area contributed by atoms with Crippen LogP contribution in [0.2, 0.25) is 5.15 Å². The summed E-state index contributed by atoms with van der Waals surface area (Å²) in [6.07, 6.45) is 3.79. The van der Waals surface area contributed by atoms with E-state index in [1.165, 1.54) is 6.08 Å². The van der Waals surface area contributed by atoms with Gasteiger partial charge < -0.3 is 5.32 Å². The number of amides is 1. The Morgan fingerprint density at radius 3 is 3.05 bits per heavy atom. The van der Waals surface area contributed by atoms with Crippen molar-refractivity contribution in [1.82, 2.24) is 10.3 Å². The van der Waals surface area contributed by atoms with Gasteiger partial charge in [-0.1, -0.05) is 24.6 Å². The number of carbonyl (C=O) groups excluding carboxylic acids is 1. The standard InChI is InChI=1S/C15H16ClFN2O/c1-9-5-6-12(17)14(10(9)2)19-13(20)8-11-4-3-7-18-15(11)16/h3-4,6-7,9H,5,8H2,1-2H3,(H,19,20)/t9-/m1/s1. The van der Waals surface area contributed by atoms with Crippen molar-refractivity contribution in [3.05, 3.63) is 52.2 Å². The normalized spacial score (nSPS) is 18.8. The van der Waals surface area contributed by atoms with Crippen LogP contribution in [0.3, 0.4) is 0 Å². The summed E-state index contributed by atoms with van der Waals surface area (Å²) in [6.45, 7) is 3.84. The number of carbonyl (C=O) groups is 1. The van der Waals surface area contributed by atoms with Gasteiger partial charge in [0.15, 0.2) is 0 Å². The van der Waals surface area contributed by atoms with Gasteiger partial charge in [0.05, 0.1) is 12.1 Å². The SMILES string of the molecule is CC1=C(NC(=O)Cc2cccnc2Cl)C(F)=CC[C@H]1C. The van der Waals surface area contributed by atoms with Crippen LogP contribution in [0.5, 0.6) is 0 Å². The number of nitrogens with zero attached hydrogens (tertiary/aromatic N) is 1. The number of halogens is 2. The lowest BCUT2D eigenvalue weighted by Crippen LogP contribution is -2.28. The van der Waals surface area contributed by atoms with E-state index in [4.69, 9.17) is 11.6 Å². The van der Waals surface area contributed by atoms with Crippen LogP contribution in [0, 0.1) is 5.92 Å². The molecule has 1 aromatic rings. The van der Waals surface area contributed by atoms with Gasteiger partial charge in [0.2, 0.25) is 5.91 Å². The molecule has 1 atom stereocenters. The first-order valence-corrected chi connectivity index (χ1v) is 6.83. The summed E-state index contributed by atoms with van der Waals surface area (Å²) in [5.41, 5.74) is 1.77. The Morgan fingerprint density at radius 2 is 2.35 bits per heavy atom. The molecule has 106 valence electrons. The van der Waals surface area contributed by atoms with E-state index < -0.39 is 0 Å². The second kappa shape index (κ2) is 6.18. The first-order chi connectivity index (χ1) is 9.49. The third-order valence-electron chi connectivity index (χ3n) is 3.47. The Kier molecular flexibility index (Phi) is 4.55. The quantitative estimate of drug-likeness (QED) is 0.866. The minimum atomic E-state index is -0.369. The summed E-state index contributed by atoms with van der Waals surface area (Å²) >= 11 is 5.90. The molecule has 1 aromatic heterocycles. The predicted octanol–water partition coefficient (Wildman–Crippen LogP) is 3.56. The van der Waals surface area contributed by atoms with Gasteiger partial charge in [0, 0.05) is 6.20 Å². The fraction of sp³-hybridized carbons (Fsp3) is 0.333. The maximum Gasteiger partial charge on any atom is 0.228 e. The molecule has 1 heterocycles. The Bertz CT molecular complexity index is 595. The van der Waals surface area contributed by atoms with Crippen LogP contribution in [-0.4, -0.2) is 10.9 Å². The lowest BCUT2D eigenvalue weighted by atomic mass is 9.92. The van der Waals surface area contributed by atoms with E-state index in [0.29, 0.717) is 17.1 Å². The van der Waals surface area contributed by atoms with Gasteiger partial charge >= 0.3 is 0 Å². The van der Waals surface area contributed by atoms with Gasteiger partial charge in [-0.3, -0.25) is 4.79 Å². The van der Waals surface area contributed by atoms with Crippen molar-refractivity contribution in [3.63, 3.8) is 0 Å². The lowest BCUT2D eigenvalue weighted by Gasteiger charge is -2.21. The molecule has 1 aliphatic carbocycles. The highest BCUT2D eigenvalue weighted by molar-refractivity contribution is 6.30.